The van der Waals surface area contributed by atoms with Crippen LogP contribution in [0.5, 0.6) is 17.2 Å². The summed E-state index contributed by atoms with van der Waals surface area (Å²) in [5, 5.41) is 18.4. The fourth-order valence-corrected chi connectivity index (χ4v) is 4.72. The summed E-state index contributed by atoms with van der Waals surface area (Å²) in [6.45, 7) is 7.65. The second-order valence-corrected chi connectivity index (χ2v) is 10.4. The topological polar surface area (TPSA) is 119 Å². The monoisotopic (exact) mass is 552 g/mol. The SMILES string of the molecule is CCCc1c2c(cc(C(C)=O)c1OCCCOc1ccc(C(C)=O)cc1CCCO)C=CC(C)(CCC(=O)O)O2. The molecule has 1 heterocycles. The molecule has 2 N–H and O–H groups in total. The van der Waals surface area contributed by atoms with Crippen molar-refractivity contribution in [3.05, 3.63) is 58.2 Å². The lowest BCUT2D eigenvalue weighted by molar-refractivity contribution is -0.137. The summed E-state index contributed by atoms with van der Waals surface area (Å²) < 4.78 is 18.6. The molecule has 0 bridgehead atoms. The summed E-state index contributed by atoms with van der Waals surface area (Å²) in [4.78, 5) is 35.6. The van der Waals surface area contributed by atoms with Crippen molar-refractivity contribution in [2.24, 2.45) is 0 Å². The lowest BCUT2D eigenvalue weighted by Gasteiger charge is -2.33. The third kappa shape index (κ3) is 7.94. The number of aryl methyl sites for hydroxylation is 1. The van der Waals surface area contributed by atoms with Gasteiger partial charge in [-0.15, -0.1) is 0 Å². The summed E-state index contributed by atoms with van der Waals surface area (Å²) in [5.41, 5.74) is 2.77. The quantitative estimate of drug-likeness (QED) is 0.197. The number of aliphatic carboxylic acids is 1. The van der Waals surface area contributed by atoms with E-state index in [1.165, 1.54) is 13.8 Å². The fourth-order valence-electron chi connectivity index (χ4n) is 4.72. The molecule has 0 aromatic heterocycles. The normalized spacial score (nSPS) is 15.7. The Bertz CT molecular complexity index is 1260. The van der Waals surface area contributed by atoms with E-state index in [0.717, 1.165) is 23.1 Å². The van der Waals surface area contributed by atoms with E-state index in [4.69, 9.17) is 19.3 Å². The lowest BCUT2D eigenvalue weighted by Crippen LogP contribution is -2.33. The molecule has 8 nitrogen and oxygen atoms in total. The van der Waals surface area contributed by atoms with Crippen molar-refractivity contribution in [3.63, 3.8) is 0 Å². The Morgan fingerprint density at radius 3 is 2.40 bits per heavy atom. The van der Waals surface area contributed by atoms with Crippen molar-refractivity contribution in [2.75, 3.05) is 19.8 Å². The van der Waals surface area contributed by atoms with Crippen molar-refractivity contribution < 1.29 is 38.8 Å². The van der Waals surface area contributed by atoms with Gasteiger partial charge in [-0.2, -0.15) is 0 Å². The number of hydrogen-bond acceptors (Lipinski definition) is 7. The molecular weight excluding hydrogens is 512 g/mol. The van der Waals surface area contributed by atoms with Gasteiger partial charge in [-0.05, 0) is 75.9 Å². The van der Waals surface area contributed by atoms with E-state index in [0.29, 0.717) is 73.7 Å². The Morgan fingerprint density at radius 2 is 1.75 bits per heavy atom. The lowest BCUT2D eigenvalue weighted by atomic mass is 9.91. The number of benzene rings is 2. The zero-order valence-corrected chi connectivity index (χ0v) is 23.9. The molecule has 0 amide bonds. The van der Waals surface area contributed by atoms with Gasteiger partial charge in [0.05, 0.1) is 18.8 Å². The second kappa shape index (κ2) is 14.1. The molecule has 0 aliphatic carbocycles. The summed E-state index contributed by atoms with van der Waals surface area (Å²) in [6.07, 6.45) is 7.20. The largest absolute Gasteiger partial charge is 0.493 e. The van der Waals surface area contributed by atoms with Crippen LogP contribution < -0.4 is 14.2 Å². The molecule has 0 saturated carbocycles. The van der Waals surface area contributed by atoms with Crippen molar-refractivity contribution >= 4 is 23.6 Å². The molecule has 1 aliphatic heterocycles. The Labute approximate surface area is 236 Å². The maximum atomic E-state index is 12.6. The number of aliphatic hydroxyl groups excluding tert-OH is 1. The second-order valence-electron chi connectivity index (χ2n) is 10.4. The zero-order valence-electron chi connectivity index (χ0n) is 23.9. The van der Waals surface area contributed by atoms with Crippen LogP contribution in [0.15, 0.2) is 30.3 Å². The summed E-state index contributed by atoms with van der Waals surface area (Å²) >= 11 is 0. The van der Waals surface area contributed by atoms with E-state index in [9.17, 15) is 19.5 Å². The average Bonchev–Trinajstić information content (AvgIpc) is 2.91. The molecular formula is C32H40O8. The third-order valence-electron chi connectivity index (χ3n) is 6.88. The van der Waals surface area contributed by atoms with Crippen LogP contribution in [0.25, 0.3) is 6.08 Å². The molecule has 0 radical (unpaired) electrons. The maximum Gasteiger partial charge on any atom is 0.303 e. The van der Waals surface area contributed by atoms with Crippen LogP contribution in [0.3, 0.4) is 0 Å². The first-order valence-electron chi connectivity index (χ1n) is 13.9. The minimum atomic E-state index is -0.883. The number of ether oxygens (including phenoxy) is 3. The zero-order chi connectivity index (χ0) is 29.3. The highest BCUT2D eigenvalue weighted by atomic mass is 16.5. The van der Waals surface area contributed by atoms with Gasteiger partial charge < -0.3 is 24.4 Å². The van der Waals surface area contributed by atoms with Crippen LogP contribution in [0.4, 0.5) is 0 Å². The predicted octanol–water partition coefficient (Wildman–Crippen LogP) is 5.85. The number of carbonyl (C=O) groups excluding carboxylic acids is 2. The van der Waals surface area contributed by atoms with E-state index in [1.54, 1.807) is 18.2 Å². The highest BCUT2D eigenvalue weighted by Gasteiger charge is 2.32. The molecule has 2 aromatic carbocycles. The third-order valence-corrected chi connectivity index (χ3v) is 6.88. The minimum absolute atomic E-state index is 0.0205. The van der Waals surface area contributed by atoms with Crippen molar-refractivity contribution in [1.29, 1.82) is 0 Å². The smallest absolute Gasteiger partial charge is 0.303 e. The summed E-state index contributed by atoms with van der Waals surface area (Å²) in [7, 11) is 0. The van der Waals surface area contributed by atoms with Gasteiger partial charge in [0, 0.05) is 42.6 Å². The molecule has 40 heavy (non-hydrogen) atoms. The molecule has 1 atom stereocenters. The number of fused-ring (bicyclic) bond motifs is 1. The van der Waals surface area contributed by atoms with Gasteiger partial charge in [0.15, 0.2) is 11.6 Å². The summed E-state index contributed by atoms with van der Waals surface area (Å²) in [5.74, 6) is 0.778. The Balaban J connectivity index is 1.76. The number of carboxylic acid groups (broad SMARTS) is 1. The van der Waals surface area contributed by atoms with Gasteiger partial charge >= 0.3 is 5.97 Å². The highest BCUT2D eigenvalue weighted by Crippen LogP contribution is 2.43. The number of carboxylic acids is 1. The Morgan fingerprint density at radius 1 is 1.00 bits per heavy atom. The number of Topliss-reactive ketones (excluding diaryl/α,β-unsaturated/α-hetero) is 2. The first-order chi connectivity index (χ1) is 19.1. The van der Waals surface area contributed by atoms with E-state index in [2.05, 4.69) is 0 Å². The number of carbonyl (C=O) groups is 3. The van der Waals surface area contributed by atoms with Crippen LogP contribution in [-0.4, -0.2) is 53.2 Å². The Kier molecular flexibility index (Phi) is 10.9. The van der Waals surface area contributed by atoms with Crippen molar-refractivity contribution in [3.8, 4) is 17.2 Å². The first-order valence-corrected chi connectivity index (χ1v) is 13.9. The van der Waals surface area contributed by atoms with E-state index in [1.807, 2.05) is 32.1 Å². The van der Waals surface area contributed by atoms with Crippen LogP contribution in [-0.2, 0) is 17.6 Å². The standard InChI is InChI=1S/C32H40O8/c1-5-8-26-30-25(12-14-32(4,40-30)15-13-29(36)37)20-27(22(3)35)31(26)39-18-7-17-38-28-11-10-23(21(2)34)19-24(28)9-6-16-33/h10-12,14,19-20,33H,5-9,13,15-18H2,1-4H3,(H,36,37). The summed E-state index contributed by atoms with van der Waals surface area (Å²) in [6, 6.07) is 7.11. The van der Waals surface area contributed by atoms with E-state index in [-0.39, 0.29) is 24.6 Å². The van der Waals surface area contributed by atoms with Gasteiger partial charge in [0.2, 0.25) is 0 Å². The van der Waals surface area contributed by atoms with Crippen LogP contribution in [0.1, 0.15) is 97.2 Å². The average molecular weight is 553 g/mol. The molecule has 0 fully saturated rings. The molecule has 0 saturated heterocycles. The first kappa shape index (κ1) is 30.9. The number of rotatable bonds is 16. The number of hydrogen-bond donors (Lipinski definition) is 2. The minimum Gasteiger partial charge on any atom is -0.493 e. The highest BCUT2D eigenvalue weighted by molar-refractivity contribution is 5.99. The molecule has 3 rings (SSSR count). The fraction of sp³-hybridized carbons (Fsp3) is 0.469. The van der Waals surface area contributed by atoms with Crippen LogP contribution in [0.2, 0.25) is 0 Å². The molecule has 1 aliphatic rings. The van der Waals surface area contributed by atoms with Crippen LogP contribution >= 0.6 is 0 Å². The molecule has 0 spiro atoms. The molecule has 216 valence electrons. The van der Waals surface area contributed by atoms with Crippen LogP contribution in [0, 0.1) is 0 Å². The van der Waals surface area contributed by atoms with Gasteiger partial charge in [0.1, 0.15) is 22.8 Å². The predicted molar refractivity (Wildman–Crippen MR) is 153 cm³/mol. The van der Waals surface area contributed by atoms with Gasteiger partial charge in [-0.1, -0.05) is 19.4 Å². The molecule has 1 unspecified atom stereocenters. The van der Waals surface area contributed by atoms with Crippen molar-refractivity contribution in [1.82, 2.24) is 0 Å². The molecule has 8 heteroatoms. The van der Waals surface area contributed by atoms with E-state index >= 15 is 0 Å². The maximum absolute atomic E-state index is 12.6. The van der Waals surface area contributed by atoms with Gasteiger partial charge in [0.25, 0.3) is 0 Å². The van der Waals surface area contributed by atoms with Gasteiger partial charge in [-0.25, -0.2) is 0 Å². The molecule has 2 aromatic rings. The van der Waals surface area contributed by atoms with Gasteiger partial charge in [-0.3, -0.25) is 14.4 Å². The van der Waals surface area contributed by atoms with Crippen molar-refractivity contribution in [2.45, 2.75) is 78.2 Å². The number of aliphatic hydroxyl groups is 1. The van der Waals surface area contributed by atoms with E-state index < -0.39 is 11.6 Å². The number of ketones is 2. The Hall–Kier alpha value is -3.65.